The second kappa shape index (κ2) is 33.6. The van der Waals surface area contributed by atoms with Crippen molar-refractivity contribution in [3.8, 4) is 0 Å². The number of rotatable bonds is 32. The summed E-state index contributed by atoms with van der Waals surface area (Å²) >= 11 is 0. The third-order valence-electron chi connectivity index (χ3n) is 7.79. The lowest BCUT2D eigenvalue weighted by atomic mass is 10.1. The number of ether oxygens (including phenoxy) is 3. The summed E-state index contributed by atoms with van der Waals surface area (Å²) < 4.78 is 17.0. The van der Waals surface area contributed by atoms with Crippen molar-refractivity contribution in [3.63, 3.8) is 0 Å². The van der Waals surface area contributed by atoms with Gasteiger partial charge >= 0.3 is 17.9 Å². The first-order valence-corrected chi connectivity index (χ1v) is 19.1. The summed E-state index contributed by atoms with van der Waals surface area (Å²) in [6.45, 7) is 4.41. The molecule has 2 atom stereocenters. The number of quaternary nitrogens is 1. The van der Waals surface area contributed by atoms with Crippen molar-refractivity contribution in [2.24, 2.45) is 0 Å². The van der Waals surface area contributed by atoms with E-state index >= 15 is 0 Å². The van der Waals surface area contributed by atoms with Gasteiger partial charge in [0.05, 0.1) is 34.4 Å². The molecule has 0 spiro atoms. The maximum atomic E-state index is 12.6. The van der Waals surface area contributed by atoms with Crippen LogP contribution < -0.4 is 0 Å². The number of nitrogens with zero attached hydrogens (tertiary/aromatic N) is 1. The van der Waals surface area contributed by atoms with Crippen molar-refractivity contribution in [3.05, 3.63) is 85.1 Å². The van der Waals surface area contributed by atoms with E-state index in [0.717, 1.165) is 57.8 Å². The third kappa shape index (κ3) is 32.2. The van der Waals surface area contributed by atoms with Crippen LogP contribution in [0, 0.1) is 0 Å². The SMILES string of the molecule is CC/C=C/C/C=C/C/C=C/C/C=C/C/C=C/C/C=C/CCCC(=O)OC(COCCC(C(=O)O)[N+](C)(C)C)COC(=O)CC/C=C/CCCCC. The molecule has 0 amide bonds. The van der Waals surface area contributed by atoms with Gasteiger partial charge in [0.1, 0.15) is 6.61 Å². The molecule has 0 fully saturated rings. The second-order valence-electron chi connectivity index (χ2n) is 13.4. The monoisotopic (exact) mass is 713 g/mol. The first kappa shape index (κ1) is 47.5. The number of aliphatic carboxylic acids is 1. The molecule has 0 heterocycles. The first-order chi connectivity index (χ1) is 24.6. The van der Waals surface area contributed by atoms with E-state index in [-0.39, 0.29) is 49.1 Å². The highest BCUT2D eigenvalue weighted by Gasteiger charge is 2.31. The summed E-state index contributed by atoms with van der Waals surface area (Å²) in [5.41, 5.74) is 0. The molecule has 0 aliphatic rings. The van der Waals surface area contributed by atoms with E-state index in [2.05, 4.69) is 92.8 Å². The average molecular weight is 713 g/mol. The van der Waals surface area contributed by atoms with Crippen molar-refractivity contribution in [1.82, 2.24) is 0 Å². The zero-order chi connectivity index (χ0) is 37.8. The number of hydrogen-bond donors (Lipinski definition) is 1. The van der Waals surface area contributed by atoms with E-state index in [9.17, 15) is 19.5 Å². The van der Waals surface area contributed by atoms with Crippen molar-refractivity contribution in [1.29, 1.82) is 0 Å². The molecule has 0 aromatic carbocycles. The number of carbonyl (C=O) groups excluding carboxylic acids is 2. The maximum absolute atomic E-state index is 12.6. The summed E-state index contributed by atoms with van der Waals surface area (Å²) in [4.78, 5) is 36.6. The Balaban J connectivity index is 4.50. The van der Waals surface area contributed by atoms with E-state index in [0.29, 0.717) is 19.3 Å². The van der Waals surface area contributed by atoms with Crippen LogP contribution in [0.25, 0.3) is 0 Å². The molecule has 0 radical (unpaired) electrons. The van der Waals surface area contributed by atoms with Crippen molar-refractivity contribution in [2.45, 2.75) is 129 Å². The zero-order valence-electron chi connectivity index (χ0n) is 32.5. The first-order valence-electron chi connectivity index (χ1n) is 19.1. The summed E-state index contributed by atoms with van der Waals surface area (Å²) in [5, 5.41) is 9.56. The van der Waals surface area contributed by atoms with Gasteiger partial charge in [-0.2, -0.15) is 0 Å². The van der Waals surface area contributed by atoms with Gasteiger partial charge in [-0.15, -0.1) is 0 Å². The third-order valence-corrected chi connectivity index (χ3v) is 7.79. The van der Waals surface area contributed by atoms with Gasteiger partial charge in [-0.05, 0) is 70.6 Å². The van der Waals surface area contributed by atoms with Gasteiger partial charge in [0.2, 0.25) is 0 Å². The van der Waals surface area contributed by atoms with E-state index in [1.807, 2.05) is 27.2 Å². The van der Waals surface area contributed by atoms with Crippen molar-refractivity contribution >= 4 is 17.9 Å². The quantitative estimate of drug-likeness (QED) is 0.0321. The number of carboxylic acid groups (broad SMARTS) is 1. The average Bonchev–Trinajstić information content (AvgIpc) is 3.08. The summed E-state index contributed by atoms with van der Waals surface area (Å²) in [5.74, 6) is -1.63. The van der Waals surface area contributed by atoms with Gasteiger partial charge in [-0.1, -0.05) is 112 Å². The lowest BCUT2D eigenvalue weighted by molar-refractivity contribution is -0.887. The van der Waals surface area contributed by atoms with E-state index in [1.54, 1.807) is 0 Å². The number of carbonyl (C=O) groups is 3. The van der Waals surface area contributed by atoms with Gasteiger partial charge in [0.15, 0.2) is 12.1 Å². The number of esters is 2. The molecule has 8 heteroatoms. The predicted octanol–water partition coefficient (Wildman–Crippen LogP) is 9.79. The Morgan fingerprint density at radius 3 is 1.65 bits per heavy atom. The van der Waals surface area contributed by atoms with Crippen molar-refractivity contribution in [2.75, 3.05) is 41.0 Å². The zero-order valence-corrected chi connectivity index (χ0v) is 32.5. The highest BCUT2D eigenvalue weighted by atomic mass is 16.6. The molecule has 51 heavy (non-hydrogen) atoms. The minimum absolute atomic E-state index is 0.0208. The van der Waals surface area contributed by atoms with Gasteiger partial charge in [0.25, 0.3) is 0 Å². The number of likely N-dealkylation sites (N-methyl/N-ethyl adjacent to an activating group) is 1. The van der Waals surface area contributed by atoms with Crippen LogP contribution in [-0.4, -0.2) is 80.6 Å². The van der Waals surface area contributed by atoms with Crippen LogP contribution in [0.4, 0.5) is 0 Å². The van der Waals surface area contributed by atoms with Crippen LogP contribution in [-0.2, 0) is 28.6 Å². The molecule has 1 N–H and O–H groups in total. The van der Waals surface area contributed by atoms with Gasteiger partial charge in [-0.3, -0.25) is 9.59 Å². The Morgan fingerprint density at radius 1 is 0.608 bits per heavy atom. The van der Waals surface area contributed by atoms with Crippen LogP contribution in [0.3, 0.4) is 0 Å². The summed E-state index contributed by atoms with van der Waals surface area (Å²) in [6, 6.07) is -0.632. The maximum Gasteiger partial charge on any atom is 0.362 e. The topological polar surface area (TPSA) is 99.1 Å². The van der Waals surface area contributed by atoms with E-state index < -0.39 is 18.1 Å². The smallest absolute Gasteiger partial charge is 0.362 e. The Hall–Kier alpha value is -3.49. The Labute approximate surface area is 310 Å². The molecular weight excluding hydrogens is 642 g/mol. The Bertz CT molecular complexity index is 1110. The van der Waals surface area contributed by atoms with Crippen LogP contribution >= 0.6 is 0 Å². The molecule has 0 saturated carbocycles. The Morgan fingerprint density at radius 2 is 1.12 bits per heavy atom. The molecule has 8 nitrogen and oxygen atoms in total. The lowest BCUT2D eigenvalue weighted by Gasteiger charge is -2.31. The predicted molar refractivity (Wildman–Crippen MR) is 210 cm³/mol. The number of unbranched alkanes of at least 4 members (excludes halogenated alkanes) is 4. The van der Waals surface area contributed by atoms with Gasteiger partial charge in [-0.25, -0.2) is 4.79 Å². The number of hydrogen-bond acceptors (Lipinski definition) is 6. The fourth-order valence-corrected chi connectivity index (χ4v) is 4.82. The summed E-state index contributed by atoms with van der Waals surface area (Å²) in [7, 11) is 5.47. The summed E-state index contributed by atoms with van der Waals surface area (Å²) in [6.07, 6.45) is 42.4. The number of carboxylic acids is 1. The molecular formula is C43H70NO7+. The minimum atomic E-state index is -0.894. The van der Waals surface area contributed by atoms with Gasteiger partial charge in [0, 0.05) is 19.3 Å². The highest BCUT2D eigenvalue weighted by molar-refractivity contribution is 5.72. The molecule has 0 saturated heterocycles. The molecule has 0 aliphatic carbocycles. The molecule has 0 bridgehead atoms. The van der Waals surface area contributed by atoms with E-state index in [1.165, 1.54) is 12.8 Å². The lowest BCUT2D eigenvalue weighted by Crippen LogP contribution is -2.50. The molecule has 0 aromatic rings. The molecule has 0 aromatic heterocycles. The van der Waals surface area contributed by atoms with Crippen LogP contribution in [0.15, 0.2) is 85.1 Å². The van der Waals surface area contributed by atoms with Crippen molar-refractivity contribution < 1.29 is 38.2 Å². The fourth-order valence-electron chi connectivity index (χ4n) is 4.82. The van der Waals surface area contributed by atoms with Crippen LogP contribution in [0.5, 0.6) is 0 Å². The standard InChI is InChI=1S/C43H69NO7/c1-6-8-10-12-14-15-16-17-18-19-20-21-22-23-24-25-26-28-30-32-34-42(46)51-39(37-49-36-35-40(43(47)48)44(3,4)5)38-50-41(45)33-31-29-27-13-11-9-7-2/h8,10,14-15,17-18,20-21,23-24,26-29,39-40H,6-7,9,11-13,16,19,22,25,30-38H2,1-5H3/p+1/b10-8+,15-14+,18-17+,21-20+,24-23+,28-26+,29-27+. The van der Waals surface area contributed by atoms with Gasteiger partial charge < -0.3 is 23.8 Å². The molecule has 0 rings (SSSR count). The largest absolute Gasteiger partial charge is 0.477 e. The fraction of sp³-hybridized carbons (Fsp3) is 0.605. The number of allylic oxidation sites excluding steroid dienone is 14. The normalized spacial score (nSPS) is 14.0. The molecule has 2 unspecified atom stereocenters. The van der Waals surface area contributed by atoms with Crippen LogP contribution in [0.1, 0.15) is 117 Å². The molecule has 0 aliphatic heterocycles. The highest BCUT2D eigenvalue weighted by Crippen LogP contribution is 2.10. The molecule has 288 valence electrons. The van der Waals surface area contributed by atoms with E-state index in [4.69, 9.17) is 14.2 Å². The Kier molecular flexibility index (Phi) is 31.3. The second-order valence-corrected chi connectivity index (χ2v) is 13.4. The van der Waals surface area contributed by atoms with Crippen LogP contribution in [0.2, 0.25) is 0 Å². The minimum Gasteiger partial charge on any atom is -0.477 e.